The molecule has 0 fully saturated rings. The normalized spacial score (nSPS) is 11.4. The third kappa shape index (κ3) is 7.56. The summed E-state index contributed by atoms with van der Waals surface area (Å²) in [6, 6.07) is 7.60. The number of hydrogen-bond acceptors (Lipinski definition) is 3. The van der Waals surface area contributed by atoms with Crippen molar-refractivity contribution in [3.8, 4) is 0 Å². The van der Waals surface area contributed by atoms with Crippen LogP contribution in [0.4, 0.5) is 0 Å². The van der Waals surface area contributed by atoms with Gasteiger partial charge in [-0.3, -0.25) is 9.79 Å². The van der Waals surface area contributed by atoms with Crippen molar-refractivity contribution < 1.29 is 9.53 Å². The number of nitrogens with one attached hydrogen (secondary N) is 2. The van der Waals surface area contributed by atoms with Crippen molar-refractivity contribution in [2.75, 3.05) is 13.6 Å². The Balaban J connectivity index is 2.31. The second-order valence-electron chi connectivity index (χ2n) is 4.77. The molecule has 0 aliphatic rings. The zero-order valence-electron chi connectivity index (χ0n) is 12.6. The fraction of sp³-hybridized carbons (Fsp3) is 0.467. The van der Waals surface area contributed by atoms with Crippen molar-refractivity contribution in [3.05, 3.63) is 34.9 Å². The summed E-state index contributed by atoms with van der Waals surface area (Å²) in [7, 11) is 1.68. The topological polar surface area (TPSA) is 62.7 Å². The van der Waals surface area contributed by atoms with E-state index in [1.807, 2.05) is 38.1 Å². The Labute approximate surface area is 130 Å². The van der Waals surface area contributed by atoms with E-state index in [1.165, 1.54) is 0 Å². The van der Waals surface area contributed by atoms with E-state index in [0.29, 0.717) is 30.5 Å². The van der Waals surface area contributed by atoms with E-state index in [-0.39, 0.29) is 12.1 Å². The smallest absolute Gasteiger partial charge is 0.307 e. The molecule has 1 aromatic rings. The van der Waals surface area contributed by atoms with Gasteiger partial charge in [0.1, 0.15) is 0 Å². The number of guanidine groups is 1. The molecule has 0 amide bonds. The minimum absolute atomic E-state index is 0.0854. The first-order valence-corrected chi connectivity index (χ1v) is 7.27. The summed E-state index contributed by atoms with van der Waals surface area (Å²) >= 11 is 5.93. The molecule has 0 unspecified atom stereocenters. The Morgan fingerprint density at radius 3 is 2.76 bits per heavy atom. The molecule has 1 rings (SSSR count). The van der Waals surface area contributed by atoms with Gasteiger partial charge in [0.2, 0.25) is 0 Å². The molecule has 0 heterocycles. The first-order valence-electron chi connectivity index (χ1n) is 6.89. The van der Waals surface area contributed by atoms with Crippen LogP contribution in [0.5, 0.6) is 0 Å². The lowest BCUT2D eigenvalue weighted by Crippen LogP contribution is -2.38. The third-order valence-corrected chi connectivity index (χ3v) is 2.80. The number of esters is 1. The summed E-state index contributed by atoms with van der Waals surface area (Å²) in [4.78, 5) is 15.5. The molecule has 0 aliphatic carbocycles. The second kappa shape index (κ2) is 9.23. The lowest BCUT2D eigenvalue weighted by Gasteiger charge is -2.12. The first kappa shape index (κ1) is 17.3. The summed E-state index contributed by atoms with van der Waals surface area (Å²) in [5.74, 6) is 0.412. The standard InChI is InChI=1S/C15H22ClN3O2/c1-11(2)21-14(20)7-8-18-15(17-3)19-10-12-5-4-6-13(16)9-12/h4-6,9,11H,7-8,10H2,1-3H3,(H2,17,18,19). The number of hydrogen-bond donors (Lipinski definition) is 2. The largest absolute Gasteiger partial charge is 0.463 e. The number of benzene rings is 1. The molecule has 0 atom stereocenters. The van der Waals surface area contributed by atoms with Crippen molar-refractivity contribution in [1.82, 2.24) is 10.6 Å². The number of ether oxygens (including phenoxy) is 1. The van der Waals surface area contributed by atoms with E-state index in [9.17, 15) is 4.79 Å². The van der Waals surface area contributed by atoms with Gasteiger partial charge < -0.3 is 15.4 Å². The number of halogens is 1. The quantitative estimate of drug-likeness (QED) is 0.481. The zero-order chi connectivity index (χ0) is 15.7. The van der Waals surface area contributed by atoms with Crippen LogP contribution in [0.25, 0.3) is 0 Å². The maximum Gasteiger partial charge on any atom is 0.307 e. The second-order valence-corrected chi connectivity index (χ2v) is 5.21. The number of carbonyl (C=O) groups is 1. The van der Waals surface area contributed by atoms with Crippen LogP contribution >= 0.6 is 11.6 Å². The van der Waals surface area contributed by atoms with E-state index in [2.05, 4.69) is 15.6 Å². The highest BCUT2D eigenvalue weighted by Crippen LogP contribution is 2.10. The van der Waals surface area contributed by atoms with Crippen molar-refractivity contribution in [3.63, 3.8) is 0 Å². The molecule has 5 nitrogen and oxygen atoms in total. The Morgan fingerprint density at radius 2 is 2.14 bits per heavy atom. The van der Waals surface area contributed by atoms with Gasteiger partial charge in [-0.05, 0) is 31.5 Å². The molecular weight excluding hydrogens is 290 g/mol. The van der Waals surface area contributed by atoms with Gasteiger partial charge in [0, 0.05) is 25.2 Å². The fourth-order valence-corrected chi connectivity index (χ4v) is 1.87. The molecule has 1 aromatic carbocycles. The Kier molecular flexibility index (Phi) is 7.61. The highest BCUT2D eigenvalue weighted by Gasteiger charge is 2.05. The number of carbonyl (C=O) groups excluding carboxylic acids is 1. The van der Waals surface area contributed by atoms with Crippen molar-refractivity contribution in [1.29, 1.82) is 0 Å². The SMILES string of the molecule is CN=C(NCCC(=O)OC(C)C)NCc1cccc(Cl)c1. The molecular formula is C15H22ClN3O2. The van der Waals surface area contributed by atoms with Crippen LogP contribution in [-0.2, 0) is 16.1 Å². The van der Waals surface area contributed by atoms with Crippen LogP contribution in [-0.4, -0.2) is 31.6 Å². The zero-order valence-corrected chi connectivity index (χ0v) is 13.4. The molecule has 0 spiro atoms. The van der Waals surface area contributed by atoms with Crippen LogP contribution in [0, 0.1) is 0 Å². The molecule has 0 saturated carbocycles. The molecule has 0 radical (unpaired) electrons. The summed E-state index contributed by atoms with van der Waals surface area (Å²) in [6.45, 7) is 4.74. The lowest BCUT2D eigenvalue weighted by atomic mass is 10.2. The predicted molar refractivity (Wildman–Crippen MR) is 85.5 cm³/mol. The first-order chi connectivity index (χ1) is 10.0. The summed E-state index contributed by atoms with van der Waals surface area (Å²) in [5, 5.41) is 6.92. The molecule has 21 heavy (non-hydrogen) atoms. The molecule has 116 valence electrons. The van der Waals surface area contributed by atoms with Crippen LogP contribution in [0.2, 0.25) is 5.02 Å². The van der Waals surface area contributed by atoms with Gasteiger partial charge >= 0.3 is 5.97 Å². The van der Waals surface area contributed by atoms with Gasteiger partial charge in [-0.25, -0.2) is 0 Å². The van der Waals surface area contributed by atoms with Crippen molar-refractivity contribution >= 4 is 23.5 Å². The number of nitrogens with zero attached hydrogens (tertiary/aromatic N) is 1. The Bertz CT molecular complexity index is 490. The van der Waals surface area contributed by atoms with Crippen LogP contribution in [0.1, 0.15) is 25.8 Å². The van der Waals surface area contributed by atoms with Gasteiger partial charge in [-0.15, -0.1) is 0 Å². The molecule has 0 aromatic heterocycles. The average molecular weight is 312 g/mol. The Hall–Kier alpha value is -1.75. The monoisotopic (exact) mass is 311 g/mol. The van der Waals surface area contributed by atoms with E-state index < -0.39 is 0 Å². The molecule has 0 aliphatic heterocycles. The highest BCUT2D eigenvalue weighted by atomic mass is 35.5. The summed E-state index contributed by atoms with van der Waals surface area (Å²) in [5.41, 5.74) is 1.06. The lowest BCUT2D eigenvalue weighted by molar-refractivity contribution is -0.147. The fourth-order valence-electron chi connectivity index (χ4n) is 1.66. The molecule has 2 N–H and O–H groups in total. The highest BCUT2D eigenvalue weighted by molar-refractivity contribution is 6.30. The van der Waals surface area contributed by atoms with E-state index in [1.54, 1.807) is 7.05 Å². The maximum absolute atomic E-state index is 11.4. The van der Waals surface area contributed by atoms with Crippen molar-refractivity contribution in [2.45, 2.75) is 32.9 Å². The van der Waals surface area contributed by atoms with Crippen LogP contribution in [0.3, 0.4) is 0 Å². The molecule has 0 bridgehead atoms. The minimum Gasteiger partial charge on any atom is -0.463 e. The van der Waals surface area contributed by atoms with Gasteiger partial charge in [0.15, 0.2) is 5.96 Å². The van der Waals surface area contributed by atoms with Crippen molar-refractivity contribution in [2.24, 2.45) is 4.99 Å². The van der Waals surface area contributed by atoms with E-state index in [0.717, 1.165) is 5.56 Å². The van der Waals surface area contributed by atoms with Crippen LogP contribution < -0.4 is 10.6 Å². The van der Waals surface area contributed by atoms with Crippen LogP contribution in [0.15, 0.2) is 29.3 Å². The molecule has 0 saturated heterocycles. The van der Waals surface area contributed by atoms with Gasteiger partial charge in [-0.1, -0.05) is 23.7 Å². The van der Waals surface area contributed by atoms with Gasteiger partial charge in [0.25, 0.3) is 0 Å². The van der Waals surface area contributed by atoms with Gasteiger partial charge in [-0.2, -0.15) is 0 Å². The number of aliphatic imine (C=N–C) groups is 1. The average Bonchev–Trinajstić information content (AvgIpc) is 2.41. The maximum atomic E-state index is 11.4. The minimum atomic E-state index is -0.220. The number of rotatable bonds is 6. The van der Waals surface area contributed by atoms with E-state index >= 15 is 0 Å². The van der Waals surface area contributed by atoms with Gasteiger partial charge in [0.05, 0.1) is 12.5 Å². The predicted octanol–water partition coefficient (Wildman–Crippen LogP) is 2.35. The third-order valence-electron chi connectivity index (χ3n) is 2.56. The molecule has 6 heteroatoms. The summed E-state index contributed by atoms with van der Waals surface area (Å²) in [6.07, 6.45) is 0.216. The van der Waals surface area contributed by atoms with E-state index in [4.69, 9.17) is 16.3 Å². The summed E-state index contributed by atoms with van der Waals surface area (Å²) < 4.78 is 5.05. The Morgan fingerprint density at radius 1 is 1.38 bits per heavy atom.